The molecule has 0 aromatic rings. The lowest BCUT2D eigenvalue weighted by Gasteiger charge is -1.90. The third-order valence-electron chi connectivity index (χ3n) is 0.923. The van der Waals surface area contributed by atoms with Gasteiger partial charge >= 0.3 is 0 Å². The van der Waals surface area contributed by atoms with Crippen LogP contribution in [0.4, 0.5) is 0 Å². The van der Waals surface area contributed by atoms with E-state index in [4.69, 9.17) is 4.55 Å². The number of unbranched alkanes of at least 4 members (excludes halogenated alkanes) is 2. The summed E-state index contributed by atoms with van der Waals surface area (Å²) in [5.74, 6) is 0.438. The predicted octanol–water partition coefficient (Wildman–Crippen LogP) is 0.905. The molecule has 0 saturated heterocycles. The van der Waals surface area contributed by atoms with Crippen LogP contribution in [0.2, 0.25) is 0 Å². The Bertz CT molecular complexity index is 83.8. The van der Waals surface area contributed by atoms with Gasteiger partial charge in [0.15, 0.2) is 11.1 Å². The molecule has 7 heteroatoms. The fourth-order valence-electron chi connectivity index (χ4n) is 0.476. The molecule has 1 unspecified atom stereocenters. The highest BCUT2D eigenvalue weighted by molar-refractivity contribution is 8.93. The van der Waals surface area contributed by atoms with E-state index in [9.17, 15) is 4.21 Å². The van der Waals surface area contributed by atoms with Gasteiger partial charge in [0, 0.05) is 5.75 Å². The summed E-state index contributed by atoms with van der Waals surface area (Å²) in [6.45, 7) is 2.07. The minimum absolute atomic E-state index is 0. The first-order valence-corrected chi connectivity index (χ1v) is 4.12. The highest BCUT2D eigenvalue weighted by Crippen LogP contribution is 1.93. The molecule has 1 atom stereocenters. The summed E-state index contributed by atoms with van der Waals surface area (Å²) < 4.78 is 18.2. The molecule has 0 fully saturated rings. The molecular weight excluding hydrogens is 316 g/mol. The molecule has 0 saturated carbocycles. The zero-order valence-electron chi connectivity index (χ0n) is 6.91. The molecule has 0 aliphatic rings. The van der Waals surface area contributed by atoms with Crippen molar-refractivity contribution in [2.45, 2.75) is 26.2 Å². The zero-order valence-corrected chi connectivity index (χ0v) is 11.2. The molecule has 0 aliphatic heterocycles. The van der Waals surface area contributed by atoms with Gasteiger partial charge in [-0.1, -0.05) is 19.8 Å². The monoisotopic (exact) mass is 332 g/mol. The first kappa shape index (κ1) is 29.3. The topological polar surface area (TPSA) is 100 Å². The van der Waals surface area contributed by atoms with Crippen LogP contribution in [-0.2, 0) is 11.1 Å². The van der Waals surface area contributed by atoms with Gasteiger partial charge in [0.1, 0.15) is 0 Å². The Morgan fingerprint density at radius 3 is 1.83 bits per heavy atom. The van der Waals surface area contributed by atoms with Gasteiger partial charge in [-0.3, -0.25) is 0 Å². The first-order valence-electron chi connectivity index (χ1n) is 2.85. The average Bonchev–Trinajstić information content (AvgIpc) is 1.66. The fourth-order valence-corrected chi connectivity index (χ4v) is 0.927. The van der Waals surface area contributed by atoms with Crippen molar-refractivity contribution in [1.29, 1.82) is 0 Å². The summed E-state index contributed by atoms with van der Waals surface area (Å²) >= 11 is -1.57. The summed E-state index contributed by atoms with van der Waals surface area (Å²) in [4.78, 5) is 0. The smallest absolute Gasteiger partial charge is 0.152 e. The largest absolute Gasteiger partial charge is 0.412 e. The van der Waals surface area contributed by atoms with E-state index in [0.29, 0.717) is 5.75 Å². The Labute approximate surface area is 96.6 Å². The van der Waals surface area contributed by atoms with Crippen LogP contribution in [0.25, 0.3) is 0 Å². The molecule has 0 spiro atoms. The van der Waals surface area contributed by atoms with Crippen LogP contribution < -0.4 is 0 Å². The van der Waals surface area contributed by atoms with E-state index in [1.807, 2.05) is 0 Å². The van der Waals surface area contributed by atoms with Crippen LogP contribution in [0.15, 0.2) is 0 Å². The highest BCUT2D eigenvalue weighted by atomic mass is 79.9. The molecule has 0 amide bonds. The van der Waals surface area contributed by atoms with Crippen LogP contribution >= 0.6 is 34.0 Å². The van der Waals surface area contributed by atoms with Crippen molar-refractivity contribution in [3.8, 4) is 0 Å². The first-order chi connectivity index (χ1) is 3.77. The zero-order chi connectivity index (χ0) is 6.41. The van der Waals surface area contributed by atoms with Gasteiger partial charge in [-0.15, -0.1) is 34.0 Å². The molecule has 0 heterocycles. The Morgan fingerprint density at radius 1 is 1.17 bits per heavy atom. The Hall–Kier alpha value is 0.990. The van der Waals surface area contributed by atoms with Gasteiger partial charge in [-0.2, -0.15) is 0 Å². The Kier molecular flexibility index (Phi) is 55.3. The summed E-state index contributed by atoms with van der Waals surface area (Å²) in [7, 11) is 0. The van der Waals surface area contributed by atoms with E-state index in [1.165, 1.54) is 0 Å². The minimum Gasteiger partial charge on any atom is -0.412 e. The maximum Gasteiger partial charge on any atom is 0.152 e. The van der Waals surface area contributed by atoms with Crippen molar-refractivity contribution in [1.82, 2.24) is 0 Å². The standard InChI is InChI=1S/C5H12O2S.2BrH.2H2O/c1-2-3-4-5-8(6)7;;;;/h2-5H2,1H3,(H,6,7);2*1H;2*1H2. The molecule has 5 N–H and O–H groups in total. The van der Waals surface area contributed by atoms with Crippen LogP contribution in [0.5, 0.6) is 0 Å². The lowest BCUT2D eigenvalue weighted by Crippen LogP contribution is -1.93. The van der Waals surface area contributed by atoms with E-state index in [-0.39, 0.29) is 44.9 Å². The molecule has 0 aromatic heterocycles. The summed E-state index contributed by atoms with van der Waals surface area (Å²) in [6, 6.07) is 0. The summed E-state index contributed by atoms with van der Waals surface area (Å²) in [5.41, 5.74) is 0. The van der Waals surface area contributed by atoms with Gasteiger partial charge < -0.3 is 15.5 Å². The highest BCUT2D eigenvalue weighted by Gasteiger charge is 1.89. The quantitative estimate of drug-likeness (QED) is 0.610. The summed E-state index contributed by atoms with van der Waals surface area (Å²) in [5, 5.41) is 0. The lowest BCUT2D eigenvalue weighted by molar-refractivity contribution is 0.559. The van der Waals surface area contributed by atoms with Gasteiger partial charge in [0.2, 0.25) is 0 Å². The van der Waals surface area contributed by atoms with Crippen molar-refractivity contribution >= 4 is 45.0 Å². The predicted molar refractivity (Wildman–Crippen MR) is 63.0 cm³/mol. The van der Waals surface area contributed by atoms with E-state index in [2.05, 4.69) is 6.92 Å². The van der Waals surface area contributed by atoms with Crippen molar-refractivity contribution in [3.05, 3.63) is 0 Å². The molecule has 0 rings (SSSR count). The second-order valence-electron chi connectivity index (χ2n) is 1.73. The van der Waals surface area contributed by atoms with Crippen molar-refractivity contribution in [2.75, 3.05) is 5.75 Å². The minimum atomic E-state index is -1.57. The van der Waals surface area contributed by atoms with E-state index < -0.39 is 11.1 Å². The molecular formula is C5H18Br2O4S. The molecule has 82 valence electrons. The SMILES string of the molecule is Br.Br.CCCCCS(=O)O.O.O. The Morgan fingerprint density at radius 2 is 1.58 bits per heavy atom. The van der Waals surface area contributed by atoms with E-state index in [1.54, 1.807) is 0 Å². The van der Waals surface area contributed by atoms with Crippen LogP contribution in [-0.4, -0.2) is 25.5 Å². The second kappa shape index (κ2) is 22.7. The molecule has 0 radical (unpaired) electrons. The van der Waals surface area contributed by atoms with Crippen molar-refractivity contribution < 1.29 is 19.7 Å². The number of halogens is 2. The molecule has 4 nitrogen and oxygen atoms in total. The third kappa shape index (κ3) is 30.6. The maximum atomic E-state index is 9.99. The lowest BCUT2D eigenvalue weighted by atomic mass is 10.3. The Balaban J connectivity index is -0.0000000408. The number of rotatable bonds is 4. The average molecular weight is 334 g/mol. The van der Waals surface area contributed by atoms with Gasteiger partial charge in [-0.25, -0.2) is 4.21 Å². The molecule has 12 heavy (non-hydrogen) atoms. The second-order valence-corrected chi connectivity index (χ2v) is 2.78. The normalized spacial score (nSPS) is 9.17. The number of hydrogen-bond acceptors (Lipinski definition) is 1. The maximum absolute atomic E-state index is 9.99. The summed E-state index contributed by atoms with van der Waals surface area (Å²) in [6.07, 6.45) is 3.04. The van der Waals surface area contributed by atoms with Crippen LogP contribution in [0.1, 0.15) is 26.2 Å². The van der Waals surface area contributed by atoms with Crippen LogP contribution in [0, 0.1) is 0 Å². The molecule has 0 bridgehead atoms. The van der Waals surface area contributed by atoms with Gasteiger partial charge in [0.25, 0.3) is 0 Å². The van der Waals surface area contributed by atoms with E-state index in [0.717, 1.165) is 19.3 Å². The molecule has 0 aromatic carbocycles. The van der Waals surface area contributed by atoms with Crippen molar-refractivity contribution in [3.63, 3.8) is 0 Å². The van der Waals surface area contributed by atoms with E-state index >= 15 is 0 Å². The van der Waals surface area contributed by atoms with Gasteiger partial charge in [0.05, 0.1) is 0 Å². The van der Waals surface area contributed by atoms with Crippen molar-refractivity contribution in [2.24, 2.45) is 0 Å². The fraction of sp³-hybridized carbons (Fsp3) is 1.00. The molecule has 0 aliphatic carbocycles. The number of hydrogen-bond donors (Lipinski definition) is 1. The van der Waals surface area contributed by atoms with Gasteiger partial charge in [-0.05, 0) is 6.42 Å². The van der Waals surface area contributed by atoms with Crippen LogP contribution in [0.3, 0.4) is 0 Å². The third-order valence-corrected chi connectivity index (χ3v) is 1.56.